The molecule has 0 bridgehead atoms. The molecule has 0 radical (unpaired) electrons. The van der Waals surface area contributed by atoms with Gasteiger partial charge in [-0.1, -0.05) is 6.42 Å². The lowest BCUT2D eigenvalue weighted by molar-refractivity contribution is -0.145. The Morgan fingerprint density at radius 1 is 1.32 bits per heavy atom. The molecule has 1 amide bonds. The van der Waals surface area contributed by atoms with E-state index >= 15 is 0 Å². The SMILES string of the molecule is COC(=O)C1CCCC1S(=O)(=O)NCC(=O)N(C)C. The molecule has 0 aliphatic heterocycles. The second-order valence-electron chi connectivity index (χ2n) is 4.75. The normalized spacial score (nSPS) is 23.1. The number of nitrogens with zero attached hydrogens (tertiary/aromatic N) is 1. The topological polar surface area (TPSA) is 92.8 Å². The minimum absolute atomic E-state index is 0.292. The number of carbonyl (C=O) groups is 2. The van der Waals surface area contributed by atoms with Crippen molar-refractivity contribution in [2.45, 2.75) is 24.5 Å². The molecule has 0 saturated heterocycles. The number of hydrogen-bond donors (Lipinski definition) is 1. The highest BCUT2D eigenvalue weighted by atomic mass is 32.2. The molecule has 19 heavy (non-hydrogen) atoms. The van der Waals surface area contributed by atoms with Gasteiger partial charge in [0.25, 0.3) is 0 Å². The number of methoxy groups -OCH3 is 1. The van der Waals surface area contributed by atoms with Crippen molar-refractivity contribution >= 4 is 21.9 Å². The highest BCUT2D eigenvalue weighted by Crippen LogP contribution is 2.31. The highest BCUT2D eigenvalue weighted by molar-refractivity contribution is 7.90. The zero-order valence-corrected chi connectivity index (χ0v) is 12.2. The second-order valence-corrected chi connectivity index (χ2v) is 6.74. The fourth-order valence-corrected chi connectivity index (χ4v) is 3.84. The minimum atomic E-state index is -3.69. The Morgan fingerprint density at radius 3 is 2.47 bits per heavy atom. The van der Waals surface area contributed by atoms with Gasteiger partial charge >= 0.3 is 5.97 Å². The average molecular weight is 292 g/mol. The van der Waals surface area contributed by atoms with Gasteiger partial charge in [-0.15, -0.1) is 0 Å². The summed E-state index contributed by atoms with van der Waals surface area (Å²) >= 11 is 0. The average Bonchev–Trinajstić information content (AvgIpc) is 2.84. The predicted octanol–water partition coefficient (Wildman–Crippen LogP) is -0.664. The van der Waals surface area contributed by atoms with Crippen LogP contribution in [0.3, 0.4) is 0 Å². The molecule has 1 aliphatic carbocycles. The van der Waals surface area contributed by atoms with E-state index < -0.39 is 27.2 Å². The highest BCUT2D eigenvalue weighted by Gasteiger charge is 2.42. The quantitative estimate of drug-likeness (QED) is 0.679. The predicted molar refractivity (Wildman–Crippen MR) is 68.8 cm³/mol. The van der Waals surface area contributed by atoms with E-state index in [1.165, 1.54) is 12.0 Å². The number of ether oxygens (including phenoxy) is 1. The van der Waals surface area contributed by atoms with Gasteiger partial charge in [-0.2, -0.15) is 0 Å². The van der Waals surface area contributed by atoms with Crippen LogP contribution in [-0.2, 0) is 24.3 Å². The van der Waals surface area contributed by atoms with Crippen LogP contribution in [0.5, 0.6) is 0 Å². The summed E-state index contributed by atoms with van der Waals surface area (Å²) in [6.45, 7) is -0.292. The van der Waals surface area contributed by atoms with Crippen molar-refractivity contribution < 1.29 is 22.7 Å². The fraction of sp³-hybridized carbons (Fsp3) is 0.818. The molecule has 0 aromatic carbocycles. The summed E-state index contributed by atoms with van der Waals surface area (Å²) in [4.78, 5) is 24.2. The van der Waals surface area contributed by atoms with Crippen LogP contribution in [0.25, 0.3) is 0 Å². The third-order valence-electron chi connectivity index (χ3n) is 3.28. The molecule has 2 atom stereocenters. The number of amides is 1. The smallest absolute Gasteiger partial charge is 0.310 e. The van der Waals surface area contributed by atoms with Gasteiger partial charge in [0.2, 0.25) is 15.9 Å². The monoisotopic (exact) mass is 292 g/mol. The lowest BCUT2D eigenvalue weighted by Gasteiger charge is -2.19. The number of likely N-dealkylation sites (N-methyl/N-ethyl adjacent to an activating group) is 1. The first-order chi connectivity index (χ1) is 8.79. The molecule has 1 aliphatic rings. The molecule has 1 rings (SSSR count). The van der Waals surface area contributed by atoms with E-state index in [0.29, 0.717) is 19.3 Å². The van der Waals surface area contributed by atoms with Gasteiger partial charge in [-0.3, -0.25) is 9.59 Å². The van der Waals surface area contributed by atoms with E-state index in [2.05, 4.69) is 9.46 Å². The van der Waals surface area contributed by atoms with E-state index in [4.69, 9.17) is 0 Å². The van der Waals surface area contributed by atoms with E-state index in [1.54, 1.807) is 14.1 Å². The molecule has 1 saturated carbocycles. The van der Waals surface area contributed by atoms with Gasteiger partial charge in [0.05, 0.1) is 24.8 Å². The summed E-state index contributed by atoms with van der Waals surface area (Å²) in [5.74, 6) is -1.49. The fourth-order valence-electron chi connectivity index (χ4n) is 2.15. The van der Waals surface area contributed by atoms with Crippen LogP contribution in [-0.4, -0.2) is 58.2 Å². The van der Waals surface area contributed by atoms with Crippen molar-refractivity contribution in [3.63, 3.8) is 0 Å². The number of sulfonamides is 1. The zero-order chi connectivity index (χ0) is 14.6. The molecule has 2 unspecified atom stereocenters. The summed E-state index contributed by atoms with van der Waals surface area (Å²) in [7, 11) is 0.642. The maximum Gasteiger partial charge on any atom is 0.310 e. The molecular formula is C11H20N2O5S. The Kier molecular flexibility index (Phi) is 5.30. The summed E-state index contributed by atoms with van der Waals surface area (Å²) in [6, 6.07) is 0. The van der Waals surface area contributed by atoms with Gasteiger partial charge in [-0.05, 0) is 12.8 Å². The molecular weight excluding hydrogens is 272 g/mol. The molecule has 110 valence electrons. The van der Waals surface area contributed by atoms with Crippen molar-refractivity contribution in [2.24, 2.45) is 5.92 Å². The van der Waals surface area contributed by atoms with Gasteiger partial charge < -0.3 is 9.64 Å². The van der Waals surface area contributed by atoms with Crippen LogP contribution >= 0.6 is 0 Å². The largest absolute Gasteiger partial charge is 0.469 e. The summed E-state index contributed by atoms with van der Waals surface area (Å²) < 4.78 is 31.1. The first-order valence-corrected chi connectivity index (χ1v) is 7.60. The van der Waals surface area contributed by atoms with Gasteiger partial charge in [0, 0.05) is 14.1 Å². The van der Waals surface area contributed by atoms with Crippen LogP contribution in [0, 0.1) is 5.92 Å². The lowest BCUT2D eigenvalue weighted by Crippen LogP contribution is -2.43. The second kappa shape index (κ2) is 6.33. The van der Waals surface area contributed by atoms with Crippen molar-refractivity contribution in [2.75, 3.05) is 27.7 Å². The standard InChI is InChI=1S/C11H20N2O5S/c1-13(2)10(14)7-12-19(16,17)9-6-4-5-8(9)11(15)18-3/h8-9,12H,4-7H2,1-3H3. The van der Waals surface area contributed by atoms with Gasteiger partial charge in [-0.25, -0.2) is 13.1 Å². The summed E-state index contributed by atoms with van der Waals surface area (Å²) in [5, 5.41) is -0.810. The van der Waals surface area contributed by atoms with Crippen LogP contribution < -0.4 is 4.72 Å². The van der Waals surface area contributed by atoms with Crippen LogP contribution in [0.1, 0.15) is 19.3 Å². The Balaban J connectivity index is 2.71. The molecule has 0 aromatic heterocycles. The number of nitrogens with one attached hydrogen (secondary N) is 1. The van der Waals surface area contributed by atoms with Crippen molar-refractivity contribution in [3.8, 4) is 0 Å². The van der Waals surface area contributed by atoms with Crippen LogP contribution in [0.15, 0.2) is 0 Å². The van der Waals surface area contributed by atoms with E-state index in [1.807, 2.05) is 0 Å². The molecule has 1 N–H and O–H groups in total. The molecule has 0 heterocycles. The summed E-state index contributed by atoms with van der Waals surface area (Å²) in [5.41, 5.74) is 0. The Morgan fingerprint density at radius 2 is 1.95 bits per heavy atom. The maximum atomic E-state index is 12.1. The minimum Gasteiger partial charge on any atom is -0.469 e. The van der Waals surface area contributed by atoms with Crippen molar-refractivity contribution in [1.29, 1.82) is 0 Å². The zero-order valence-electron chi connectivity index (χ0n) is 11.4. The molecule has 0 spiro atoms. The summed E-state index contributed by atoms with van der Waals surface area (Å²) in [6.07, 6.45) is 1.57. The van der Waals surface area contributed by atoms with Crippen molar-refractivity contribution in [3.05, 3.63) is 0 Å². The molecule has 7 nitrogen and oxygen atoms in total. The van der Waals surface area contributed by atoms with Crippen LogP contribution in [0.2, 0.25) is 0 Å². The van der Waals surface area contributed by atoms with E-state index in [0.717, 1.165) is 0 Å². The molecule has 1 fully saturated rings. The molecule has 8 heteroatoms. The number of rotatable bonds is 5. The first kappa shape index (κ1) is 15.9. The van der Waals surface area contributed by atoms with Gasteiger partial charge in [0.15, 0.2) is 0 Å². The number of hydrogen-bond acceptors (Lipinski definition) is 5. The third kappa shape index (κ3) is 3.90. The Labute approximate surface area is 113 Å². The van der Waals surface area contributed by atoms with E-state index in [-0.39, 0.29) is 12.5 Å². The molecule has 0 aromatic rings. The Hall–Kier alpha value is -1.15. The first-order valence-electron chi connectivity index (χ1n) is 6.06. The maximum absolute atomic E-state index is 12.1. The van der Waals surface area contributed by atoms with Gasteiger partial charge in [0.1, 0.15) is 0 Å². The van der Waals surface area contributed by atoms with E-state index in [9.17, 15) is 18.0 Å². The number of carbonyl (C=O) groups excluding carboxylic acids is 2. The number of esters is 1. The lowest BCUT2D eigenvalue weighted by atomic mass is 10.1. The van der Waals surface area contributed by atoms with Crippen LogP contribution in [0.4, 0.5) is 0 Å². The third-order valence-corrected chi connectivity index (χ3v) is 5.19. The Bertz CT molecular complexity index is 446. The van der Waals surface area contributed by atoms with Crippen molar-refractivity contribution in [1.82, 2.24) is 9.62 Å².